The lowest BCUT2D eigenvalue weighted by Gasteiger charge is -2.35. The lowest BCUT2D eigenvalue weighted by molar-refractivity contribution is -0.149. The van der Waals surface area contributed by atoms with Crippen molar-refractivity contribution in [2.45, 2.75) is 19.1 Å². The predicted molar refractivity (Wildman–Crippen MR) is 90.6 cm³/mol. The summed E-state index contributed by atoms with van der Waals surface area (Å²) in [7, 11) is 1.59. The molecule has 26 heavy (non-hydrogen) atoms. The van der Waals surface area contributed by atoms with Crippen molar-refractivity contribution < 1.29 is 27.4 Å². The summed E-state index contributed by atoms with van der Waals surface area (Å²) >= 11 is 0. The minimum absolute atomic E-state index is 0.384. The third kappa shape index (κ3) is 5.98. The molecule has 1 heterocycles. The van der Waals surface area contributed by atoms with Crippen molar-refractivity contribution in [3.63, 3.8) is 0 Å². The maximum absolute atomic E-state index is 12.5. The van der Waals surface area contributed by atoms with Gasteiger partial charge in [-0.05, 0) is 19.1 Å². The number of nitrogens with one attached hydrogen (secondary N) is 1. The summed E-state index contributed by atoms with van der Waals surface area (Å²) in [5.41, 5.74) is 0. The average molecular weight is 375 g/mol. The highest BCUT2D eigenvalue weighted by Crippen LogP contribution is 2.20. The monoisotopic (exact) mass is 375 g/mol. The number of halogens is 3. The van der Waals surface area contributed by atoms with Gasteiger partial charge in [0.25, 0.3) is 0 Å². The molecule has 6 nitrogen and oxygen atoms in total. The van der Waals surface area contributed by atoms with E-state index in [0.29, 0.717) is 45.1 Å². The highest BCUT2D eigenvalue weighted by atomic mass is 19.4. The molecule has 2 amide bonds. The van der Waals surface area contributed by atoms with E-state index in [1.807, 2.05) is 23.5 Å². The highest BCUT2D eigenvalue weighted by molar-refractivity contribution is 5.74. The maximum atomic E-state index is 12.5. The van der Waals surface area contributed by atoms with Gasteiger partial charge < -0.3 is 19.7 Å². The third-order valence-corrected chi connectivity index (χ3v) is 4.21. The molecule has 1 saturated heterocycles. The molecule has 0 saturated carbocycles. The maximum Gasteiger partial charge on any atom is 0.408 e. The Morgan fingerprint density at radius 3 is 2.50 bits per heavy atom. The molecule has 9 heteroatoms. The number of amides is 2. The number of benzene rings is 1. The normalized spacial score (nSPS) is 16.9. The number of methoxy groups -OCH3 is 1. The standard InChI is InChI=1S/C17H24F3N3O3/c1-13(17(18,19)20)21-16(24)23-8-6-22(7-9-23)10-11-26-15-5-3-4-14(12-15)25-2/h3-5,12-13H,6-11H2,1-2H3,(H,21,24)/t13-/m0/s1. The quantitative estimate of drug-likeness (QED) is 0.829. The number of piperazine rings is 1. The van der Waals surface area contributed by atoms with E-state index in [4.69, 9.17) is 9.47 Å². The fourth-order valence-corrected chi connectivity index (χ4v) is 2.52. The molecule has 1 fully saturated rings. The Balaban J connectivity index is 1.69. The van der Waals surface area contributed by atoms with E-state index in [0.717, 1.165) is 12.7 Å². The number of carbonyl (C=O) groups excluding carboxylic acids is 1. The van der Waals surface area contributed by atoms with E-state index in [9.17, 15) is 18.0 Å². The molecule has 2 rings (SSSR count). The number of urea groups is 1. The van der Waals surface area contributed by atoms with Gasteiger partial charge in [-0.2, -0.15) is 13.2 Å². The third-order valence-electron chi connectivity index (χ3n) is 4.21. The SMILES string of the molecule is COc1cccc(OCCN2CCN(C(=O)N[C@@H](C)C(F)(F)F)CC2)c1. The predicted octanol–water partition coefficient (Wildman–Crippen LogP) is 2.35. The summed E-state index contributed by atoms with van der Waals surface area (Å²) in [6.07, 6.45) is -4.44. The van der Waals surface area contributed by atoms with E-state index in [2.05, 4.69) is 4.90 Å². The van der Waals surface area contributed by atoms with Crippen LogP contribution in [0.4, 0.5) is 18.0 Å². The van der Waals surface area contributed by atoms with Gasteiger partial charge in [-0.25, -0.2) is 4.79 Å². The average Bonchev–Trinajstić information content (AvgIpc) is 2.61. The number of alkyl halides is 3. The number of nitrogens with zero attached hydrogens (tertiary/aromatic N) is 2. The number of rotatable bonds is 6. The first-order valence-corrected chi connectivity index (χ1v) is 8.41. The molecule has 1 aromatic carbocycles. The van der Waals surface area contributed by atoms with Crippen LogP contribution in [-0.2, 0) is 0 Å². The molecule has 0 bridgehead atoms. The zero-order valence-corrected chi connectivity index (χ0v) is 14.9. The first kappa shape index (κ1) is 20.2. The van der Waals surface area contributed by atoms with Crippen molar-refractivity contribution in [2.24, 2.45) is 0 Å². The minimum Gasteiger partial charge on any atom is -0.497 e. The van der Waals surface area contributed by atoms with Gasteiger partial charge in [0.1, 0.15) is 24.1 Å². The van der Waals surface area contributed by atoms with Crippen LogP contribution in [-0.4, -0.2) is 74.5 Å². The largest absolute Gasteiger partial charge is 0.497 e. The van der Waals surface area contributed by atoms with Crippen LogP contribution in [0.5, 0.6) is 11.5 Å². The lowest BCUT2D eigenvalue weighted by Crippen LogP contribution is -2.55. The van der Waals surface area contributed by atoms with E-state index < -0.39 is 18.2 Å². The van der Waals surface area contributed by atoms with Crippen molar-refractivity contribution >= 4 is 6.03 Å². The van der Waals surface area contributed by atoms with Crippen LogP contribution < -0.4 is 14.8 Å². The molecule has 1 N–H and O–H groups in total. The Morgan fingerprint density at radius 1 is 1.23 bits per heavy atom. The van der Waals surface area contributed by atoms with Crippen molar-refractivity contribution in [3.8, 4) is 11.5 Å². The van der Waals surface area contributed by atoms with Gasteiger partial charge in [0, 0.05) is 38.8 Å². The molecule has 0 aromatic heterocycles. The Bertz CT molecular complexity index is 590. The Labute approximate surface area is 150 Å². The van der Waals surface area contributed by atoms with Gasteiger partial charge in [0.15, 0.2) is 0 Å². The van der Waals surface area contributed by atoms with Crippen molar-refractivity contribution in [2.75, 3.05) is 46.4 Å². The summed E-state index contributed by atoms with van der Waals surface area (Å²) in [6.45, 7) is 4.04. The van der Waals surface area contributed by atoms with Crippen LogP contribution >= 0.6 is 0 Å². The Kier molecular flexibility index (Phi) is 6.96. The molecule has 1 atom stereocenters. The summed E-state index contributed by atoms with van der Waals surface area (Å²) < 4.78 is 48.3. The van der Waals surface area contributed by atoms with Gasteiger partial charge in [0.05, 0.1) is 7.11 Å². The van der Waals surface area contributed by atoms with E-state index in [-0.39, 0.29) is 0 Å². The molecule has 1 aliphatic rings. The second kappa shape index (κ2) is 8.98. The minimum atomic E-state index is -4.44. The molecule has 1 aromatic rings. The van der Waals surface area contributed by atoms with Crippen LogP contribution in [0.15, 0.2) is 24.3 Å². The zero-order chi connectivity index (χ0) is 19.2. The van der Waals surface area contributed by atoms with E-state index >= 15 is 0 Å². The second-order valence-corrected chi connectivity index (χ2v) is 6.07. The lowest BCUT2D eigenvalue weighted by atomic mass is 10.3. The summed E-state index contributed by atoms with van der Waals surface area (Å²) in [5, 5.41) is 1.99. The van der Waals surface area contributed by atoms with Gasteiger partial charge in [-0.1, -0.05) is 6.07 Å². The summed E-state index contributed by atoms with van der Waals surface area (Å²) in [5.74, 6) is 1.43. The molecule has 0 aliphatic carbocycles. The molecule has 146 valence electrons. The summed E-state index contributed by atoms with van der Waals surface area (Å²) in [6, 6.07) is 4.77. The molecule has 0 spiro atoms. The molecule has 1 aliphatic heterocycles. The smallest absolute Gasteiger partial charge is 0.408 e. The van der Waals surface area contributed by atoms with Gasteiger partial charge in [-0.15, -0.1) is 0 Å². The van der Waals surface area contributed by atoms with Gasteiger partial charge in [-0.3, -0.25) is 4.90 Å². The van der Waals surface area contributed by atoms with Crippen LogP contribution in [0.1, 0.15) is 6.92 Å². The zero-order valence-electron chi connectivity index (χ0n) is 14.9. The summed E-state index contributed by atoms with van der Waals surface area (Å²) in [4.78, 5) is 15.4. The van der Waals surface area contributed by atoms with Crippen molar-refractivity contribution in [3.05, 3.63) is 24.3 Å². The topological polar surface area (TPSA) is 54.0 Å². The Hall–Kier alpha value is -2.16. The Morgan fingerprint density at radius 2 is 1.88 bits per heavy atom. The molecule has 0 unspecified atom stereocenters. The van der Waals surface area contributed by atoms with E-state index in [1.165, 1.54) is 4.90 Å². The van der Waals surface area contributed by atoms with Crippen LogP contribution in [0.25, 0.3) is 0 Å². The molecular formula is C17H24F3N3O3. The number of carbonyl (C=O) groups is 1. The first-order chi connectivity index (χ1) is 12.3. The van der Waals surface area contributed by atoms with Crippen LogP contribution in [0.3, 0.4) is 0 Å². The fraction of sp³-hybridized carbons (Fsp3) is 0.588. The fourth-order valence-electron chi connectivity index (χ4n) is 2.52. The number of hydrogen-bond donors (Lipinski definition) is 1. The van der Waals surface area contributed by atoms with Crippen molar-refractivity contribution in [1.29, 1.82) is 0 Å². The van der Waals surface area contributed by atoms with Gasteiger partial charge >= 0.3 is 12.2 Å². The van der Waals surface area contributed by atoms with Gasteiger partial charge in [0.2, 0.25) is 0 Å². The molecule has 0 radical (unpaired) electrons. The second-order valence-electron chi connectivity index (χ2n) is 6.07. The van der Waals surface area contributed by atoms with Crippen molar-refractivity contribution in [1.82, 2.24) is 15.1 Å². The first-order valence-electron chi connectivity index (χ1n) is 8.41. The highest BCUT2D eigenvalue weighted by Gasteiger charge is 2.38. The number of ether oxygens (including phenoxy) is 2. The van der Waals surface area contributed by atoms with Crippen LogP contribution in [0.2, 0.25) is 0 Å². The number of hydrogen-bond acceptors (Lipinski definition) is 4. The molecular weight excluding hydrogens is 351 g/mol. The van der Waals surface area contributed by atoms with Crippen LogP contribution in [0, 0.1) is 0 Å². The van der Waals surface area contributed by atoms with E-state index in [1.54, 1.807) is 13.2 Å².